The fourth-order valence-electron chi connectivity index (χ4n) is 2.33. The lowest BCUT2D eigenvalue weighted by atomic mass is 10.1. The van der Waals surface area contributed by atoms with Crippen molar-refractivity contribution >= 4 is 0 Å². The van der Waals surface area contributed by atoms with Crippen LogP contribution in [0, 0.1) is 0 Å². The predicted molar refractivity (Wildman–Crippen MR) is 82.1 cm³/mol. The largest absolute Gasteiger partial charge is 0.326 e. The number of unbranched alkanes of at least 4 members (excludes halogenated alkanes) is 3. The summed E-state index contributed by atoms with van der Waals surface area (Å²) in [5, 5.41) is 0. The maximum absolute atomic E-state index is 5.64. The Morgan fingerprint density at radius 1 is 1.11 bits per heavy atom. The highest BCUT2D eigenvalue weighted by atomic mass is 15.1. The molecular weight excluding hydrogens is 234 g/mol. The monoisotopic (exact) mass is 263 g/mol. The molecule has 0 aliphatic heterocycles. The third kappa shape index (κ3) is 6.69. The molecule has 3 nitrogen and oxygen atoms in total. The average molecular weight is 263 g/mol. The van der Waals surface area contributed by atoms with Crippen molar-refractivity contribution in [2.75, 3.05) is 19.6 Å². The summed E-state index contributed by atoms with van der Waals surface area (Å²) in [7, 11) is 0. The van der Waals surface area contributed by atoms with Gasteiger partial charge in [-0.1, -0.05) is 26.7 Å². The highest BCUT2D eigenvalue weighted by molar-refractivity contribution is 5.15. The number of nitrogens with two attached hydrogens (primary N) is 1. The number of hydrogen-bond acceptors (Lipinski definition) is 3. The zero-order valence-corrected chi connectivity index (χ0v) is 12.6. The van der Waals surface area contributed by atoms with Crippen LogP contribution in [0.2, 0.25) is 0 Å². The summed E-state index contributed by atoms with van der Waals surface area (Å²) < 4.78 is 0. The van der Waals surface area contributed by atoms with Gasteiger partial charge in [-0.3, -0.25) is 4.98 Å². The van der Waals surface area contributed by atoms with E-state index in [4.69, 9.17) is 5.73 Å². The molecule has 0 spiro atoms. The van der Waals surface area contributed by atoms with E-state index in [0.29, 0.717) is 6.54 Å². The van der Waals surface area contributed by atoms with E-state index in [2.05, 4.69) is 29.8 Å². The van der Waals surface area contributed by atoms with Gasteiger partial charge >= 0.3 is 0 Å². The minimum atomic E-state index is 0.611. The second-order valence-corrected chi connectivity index (χ2v) is 5.05. The van der Waals surface area contributed by atoms with Gasteiger partial charge in [0, 0.05) is 18.4 Å². The smallest absolute Gasteiger partial charge is 0.0406 e. The highest BCUT2D eigenvalue weighted by Gasteiger charge is 1.99. The van der Waals surface area contributed by atoms with Crippen LogP contribution in [-0.4, -0.2) is 29.5 Å². The third-order valence-corrected chi connectivity index (χ3v) is 3.67. The molecule has 1 rings (SSSR count). The first kappa shape index (κ1) is 16.1. The van der Waals surface area contributed by atoms with Crippen LogP contribution in [0.5, 0.6) is 0 Å². The van der Waals surface area contributed by atoms with Gasteiger partial charge in [0.25, 0.3) is 0 Å². The van der Waals surface area contributed by atoms with E-state index < -0.39 is 0 Å². The Morgan fingerprint density at radius 3 is 2.53 bits per heavy atom. The number of pyridine rings is 1. The minimum Gasteiger partial charge on any atom is -0.326 e. The van der Waals surface area contributed by atoms with Crippen molar-refractivity contribution in [3.63, 3.8) is 0 Å². The molecule has 0 amide bonds. The Bertz CT molecular complexity index is 335. The van der Waals surface area contributed by atoms with Crippen LogP contribution in [0.3, 0.4) is 0 Å². The molecule has 0 aliphatic rings. The summed E-state index contributed by atoms with van der Waals surface area (Å²) in [4.78, 5) is 6.89. The van der Waals surface area contributed by atoms with Gasteiger partial charge in [0.15, 0.2) is 0 Å². The molecule has 0 saturated heterocycles. The number of rotatable bonds is 10. The molecule has 0 aliphatic carbocycles. The van der Waals surface area contributed by atoms with Crippen LogP contribution >= 0.6 is 0 Å². The van der Waals surface area contributed by atoms with E-state index in [9.17, 15) is 0 Å². The van der Waals surface area contributed by atoms with Crippen LogP contribution in [0.15, 0.2) is 18.3 Å². The van der Waals surface area contributed by atoms with E-state index in [1.54, 1.807) is 0 Å². The van der Waals surface area contributed by atoms with Crippen molar-refractivity contribution in [2.45, 2.75) is 52.5 Å². The quantitative estimate of drug-likeness (QED) is 0.660. The summed E-state index contributed by atoms with van der Waals surface area (Å²) in [6.45, 7) is 8.67. The van der Waals surface area contributed by atoms with Crippen molar-refractivity contribution in [1.29, 1.82) is 0 Å². The van der Waals surface area contributed by atoms with E-state index in [-0.39, 0.29) is 0 Å². The Morgan fingerprint density at radius 2 is 1.84 bits per heavy atom. The summed E-state index contributed by atoms with van der Waals surface area (Å²) in [5.41, 5.74) is 8.01. The Kier molecular flexibility index (Phi) is 8.43. The van der Waals surface area contributed by atoms with Crippen LogP contribution in [0.1, 0.15) is 50.8 Å². The van der Waals surface area contributed by atoms with E-state index in [1.807, 2.05) is 12.3 Å². The van der Waals surface area contributed by atoms with Gasteiger partial charge in [-0.2, -0.15) is 0 Å². The van der Waals surface area contributed by atoms with Gasteiger partial charge in [0.1, 0.15) is 0 Å². The van der Waals surface area contributed by atoms with Crippen molar-refractivity contribution in [1.82, 2.24) is 9.88 Å². The standard InChI is InChI=1S/C16H29N3/c1-3-19(4-2)12-8-6-5-7-9-16-13-15(14-17)10-11-18-16/h10-11,13H,3-9,12,14,17H2,1-2H3. The fraction of sp³-hybridized carbons (Fsp3) is 0.688. The molecule has 0 radical (unpaired) electrons. The van der Waals surface area contributed by atoms with Crippen molar-refractivity contribution in [2.24, 2.45) is 5.73 Å². The van der Waals surface area contributed by atoms with Gasteiger partial charge in [0.05, 0.1) is 0 Å². The molecule has 0 unspecified atom stereocenters. The molecule has 0 fully saturated rings. The van der Waals surface area contributed by atoms with Gasteiger partial charge in [0.2, 0.25) is 0 Å². The van der Waals surface area contributed by atoms with Gasteiger partial charge < -0.3 is 10.6 Å². The third-order valence-electron chi connectivity index (χ3n) is 3.67. The second kappa shape index (κ2) is 9.93. The van der Waals surface area contributed by atoms with Gasteiger partial charge in [-0.25, -0.2) is 0 Å². The molecule has 0 bridgehead atoms. The molecule has 1 aromatic heterocycles. The van der Waals surface area contributed by atoms with Crippen molar-refractivity contribution < 1.29 is 0 Å². The number of hydrogen-bond donors (Lipinski definition) is 1. The zero-order chi connectivity index (χ0) is 13.9. The summed E-state index contributed by atoms with van der Waals surface area (Å²) in [5.74, 6) is 0. The molecule has 0 atom stereocenters. The SMILES string of the molecule is CCN(CC)CCCCCCc1cc(CN)ccn1. The average Bonchev–Trinajstić information content (AvgIpc) is 2.47. The molecule has 0 saturated carbocycles. The van der Waals surface area contributed by atoms with Crippen LogP contribution in [-0.2, 0) is 13.0 Å². The Hall–Kier alpha value is -0.930. The lowest BCUT2D eigenvalue weighted by molar-refractivity contribution is 0.295. The van der Waals surface area contributed by atoms with E-state index >= 15 is 0 Å². The van der Waals surface area contributed by atoms with Gasteiger partial charge in [-0.05, 0) is 56.6 Å². The van der Waals surface area contributed by atoms with Crippen LogP contribution in [0.4, 0.5) is 0 Å². The zero-order valence-electron chi connectivity index (χ0n) is 12.6. The van der Waals surface area contributed by atoms with E-state index in [1.165, 1.54) is 56.6 Å². The molecule has 1 heterocycles. The minimum absolute atomic E-state index is 0.611. The normalized spacial score (nSPS) is 11.2. The number of aromatic nitrogens is 1. The molecular formula is C16H29N3. The molecule has 19 heavy (non-hydrogen) atoms. The first-order valence-corrected chi connectivity index (χ1v) is 7.66. The lowest BCUT2D eigenvalue weighted by Crippen LogP contribution is -2.23. The molecule has 1 aromatic rings. The Balaban J connectivity index is 2.10. The second-order valence-electron chi connectivity index (χ2n) is 5.05. The molecule has 2 N–H and O–H groups in total. The molecule has 3 heteroatoms. The lowest BCUT2D eigenvalue weighted by Gasteiger charge is -2.17. The number of aryl methyl sites for hydroxylation is 1. The number of nitrogens with zero attached hydrogens (tertiary/aromatic N) is 2. The Labute approximate surface area is 118 Å². The predicted octanol–water partition coefficient (Wildman–Crippen LogP) is 2.99. The van der Waals surface area contributed by atoms with E-state index in [0.717, 1.165) is 6.42 Å². The maximum Gasteiger partial charge on any atom is 0.0406 e. The summed E-state index contributed by atoms with van der Waals surface area (Å²) >= 11 is 0. The maximum atomic E-state index is 5.64. The van der Waals surface area contributed by atoms with Crippen molar-refractivity contribution in [3.8, 4) is 0 Å². The molecule has 108 valence electrons. The topological polar surface area (TPSA) is 42.1 Å². The first-order valence-electron chi connectivity index (χ1n) is 7.66. The molecule has 0 aromatic carbocycles. The van der Waals surface area contributed by atoms with Crippen molar-refractivity contribution in [3.05, 3.63) is 29.6 Å². The van der Waals surface area contributed by atoms with Gasteiger partial charge in [-0.15, -0.1) is 0 Å². The summed E-state index contributed by atoms with van der Waals surface area (Å²) in [6, 6.07) is 4.13. The fourth-order valence-corrected chi connectivity index (χ4v) is 2.33. The summed E-state index contributed by atoms with van der Waals surface area (Å²) in [6.07, 6.45) is 8.14. The first-order chi connectivity index (χ1) is 9.30. The van der Waals surface area contributed by atoms with Crippen LogP contribution < -0.4 is 5.73 Å². The highest BCUT2D eigenvalue weighted by Crippen LogP contribution is 2.08. The van der Waals surface area contributed by atoms with Crippen LogP contribution in [0.25, 0.3) is 0 Å².